The number of carbonyl (C=O) groups excluding carboxylic acids is 4. The Kier molecular flexibility index (Phi) is 6.08. The van der Waals surface area contributed by atoms with Crippen LogP contribution in [0.2, 0.25) is 0 Å². The average Bonchev–Trinajstić information content (AvgIpc) is 3.23. The van der Waals surface area contributed by atoms with Crippen LogP contribution in [0.4, 0.5) is 0 Å². The van der Waals surface area contributed by atoms with Crippen LogP contribution >= 0.6 is 0 Å². The van der Waals surface area contributed by atoms with Crippen molar-refractivity contribution in [2.75, 3.05) is 0 Å². The Balaban J connectivity index is 1.55. The summed E-state index contributed by atoms with van der Waals surface area (Å²) in [5, 5.41) is 2.37. The highest BCUT2D eigenvalue weighted by molar-refractivity contribution is 6.35. The lowest BCUT2D eigenvalue weighted by Crippen LogP contribution is -2.49. The molecule has 3 rings (SSSR count). The molecule has 0 aliphatic carbocycles. The zero-order valence-electron chi connectivity index (χ0n) is 15.7. The van der Waals surface area contributed by atoms with Gasteiger partial charge in [0.25, 0.3) is 0 Å². The van der Waals surface area contributed by atoms with E-state index >= 15 is 0 Å². The molecular weight excluding hydrogens is 376 g/mol. The summed E-state index contributed by atoms with van der Waals surface area (Å²) in [6, 6.07) is 10.2. The third kappa shape index (κ3) is 4.89. The van der Waals surface area contributed by atoms with Crippen molar-refractivity contribution in [3.8, 4) is 0 Å². The number of fused-ring (bicyclic) bond motifs is 1. The van der Waals surface area contributed by atoms with Crippen LogP contribution in [-0.4, -0.2) is 28.5 Å². The molecule has 29 heavy (non-hydrogen) atoms. The SMILES string of the molecule is CC(=O)N1C=Cc2ccccc2[C@@H]1CC(=O)NNC(=O)C(=O)NCc1ccco1. The summed E-state index contributed by atoms with van der Waals surface area (Å²) >= 11 is 0. The number of rotatable bonds is 4. The summed E-state index contributed by atoms with van der Waals surface area (Å²) in [5.74, 6) is -2.20. The van der Waals surface area contributed by atoms with E-state index in [0.29, 0.717) is 5.76 Å². The smallest absolute Gasteiger partial charge is 0.327 e. The van der Waals surface area contributed by atoms with Gasteiger partial charge in [-0.15, -0.1) is 0 Å². The Morgan fingerprint density at radius 1 is 1.03 bits per heavy atom. The van der Waals surface area contributed by atoms with Gasteiger partial charge in [0.2, 0.25) is 11.8 Å². The predicted molar refractivity (Wildman–Crippen MR) is 102 cm³/mol. The molecule has 1 aromatic heterocycles. The molecule has 3 N–H and O–H groups in total. The van der Waals surface area contributed by atoms with Gasteiger partial charge in [0.05, 0.1) is 25.3 Å². The van der Waals surface area contributed by atoms with Crippen LogP contribution in [0.3, 0.4) is 0 Å². The Hall–Kier alpha value is -3.88. The molecule has 9 nitrogen and oxygen atoms in total. The number of nitrogens with one attached hydrogen (secondary N) is 3. The van der Waals surface area contributed by atoms with Gasteiger partial charge >= 0.3 is 11.8 Å². The number of hydrogen-bond acceptors (Lipinski definition) is 5. The van der Waals surface area contributed by atoms with E-state index in [1.807, 2.05) is 24.3 Å². The summed E-state index contributed by atoms with van der Waals surface area (Å²) in [6.07, 6.45) is 4.79. The third-order valence-electron chi connectivity index (χ3n) is 4.37. The number of furan rings is 1. The summed E-state index contributed by atoms with van der Waals surface area (Å²) in [6.45, 7) is 1.46. The summed E-state index contributed by atoms with van der Waals surface area (Å²) in [4.78, 5) is 49.3. The molecule has 1 aromatic carbocycles. The molecule has 150 valence electrons. The summed E-state index contributed by atoms with van der Waals surface area (Å²) in [7, 11) is 0. The van der Waals surface area contributed by atoms with E-state index in [2.05, 4.69) is 16.2 Å². The van der Waals surface area contributed by atoms with Crippen LogP contribution in [0, 0.1) is 0 Å². The predicted octanol–water partition coefficient (Wildman–Crippen LogP) is 1.01. The lowest BCUT2D eigenvalue weighted by Gasteiger charge is -2.32. The van der Waals surface area contributed by atoms with E-state index in [9.17, 15) is 19.2 Å². The van der Waals surface area contributed by atoms with Crippen molar-refractivity contribution in [2.45, 2.75) is 25.9 Å². The van der Waals surface area contributed by atoms with Crippen LogP contribution in [0.1, 0.15) is 36.3 Å². The molecule has 1 aliphatic rings. The largest absolute Gasteiger partial charge is 0.467 e. The molecule has 0 saturated heterocycles. The molecule has 9 heteroatoms. The van der Waals surface area contributed by atoms with Gasteiger partial charge in [-0.2, -0.15) is 0 Å². The Labute approximate surface area is 166 Å². The lowest BCUT2D eigenvalue weighted by molar-refractivity contribution is -0.141. The zero-order valence-corrected chi connectivity index (χ0v) is 15.7. The van der Waals surface area contributed by atoms with Crippen molar-refractivity contribution >= 4 is 29.7 Å². The van der Waals surface area contributed by atoms with Gasteiger partial charge < -0.3 is 14.6 Å². The lowest BCUT2D eigenvalue weighted by atomic mass is 9.93. The fraction of sp³-hybridized carbons (Fsp3) is 0.200. The minimum atomic E-state index is -1.02. The molecule has 0 radical (unpaired) electrons. The highest BCUT2D eigenvalue weighted by Gasteiger charge is 2.28. The Morgan fingerprint density at radius 3 is 2.55 bits per heavy atom. The van der Waals surface area contributed by atoms with Crippen LogP contribution in [0.15, 0.2) is 53.3 Å². The quantitative estimate of drug-likeness (QED) is 0.526. The first-order chi connectivity index (χ1) is 14.0. The number of benzene rings is 1. The second kappa shape index (κ2) is 8.87. The van der Waals surface area contributed by atoms with Crippen molar-refractivity contribution in [1.82, 2.24) is 21.1 Å². The highest BCUT2D eigenvalue weighted by Crippen LogP contribution is 2.32. The van der Waals surface area contributed by atoms with Crippen LogP contribution < -0.4 is 16.2 Å². The fourth-order valence-electron chi connectivity index (χ4n) is 2.98. The van der Waals surface area contributed by atoms with Crippen molar-refractivity contribution in [1.29, 1.82) is 0 Å². The summed E-state index contributed by atoms with van der Waals surface area (Å²) in [5.41, 5.74) is 6.01. The molecule has 4 amide bonds. The molecule has 0 spiro atoms. The normalized spacial score (nSPS) is 14.7. The van der Waals surface area contributed by atoms with Crippen molar-refractivity contribution in [3.05, 3.63) is 65.7 Å². The third-order valence-corrected chi connectivity index (χ3v) is 4.37. The first-order valence-corrected chi connectivity index (χ1v) is 8.91. The second-order valence-electron chi connectivity index (χ2n) is 6.36. The molecule has 2 heterocycles. The fourth-order valence-corrected chi connectivity index (χ4v) is 2.98. The monoisotopic (exact) mass is 396 g/mol. The standard InChI is InChI=1S/C20H20N4O5/c1-13(25)24-9-8-14-5-2-3-7-16(14)17(24)11-18(26)22-23-20(28)19(27)21-12-15-6-4-10-29-15/h2-10,17H,11-12H2,1H3,(H,21,27)(H,22,26)(H,23,28)/t17-/m0/s1. The van der Waals surface area contributed by atoms with E-state index in [1.54, 1.807) is 24.4 Å². The van der Waals surface area contributed by atoms with Gasteiger partial charge in [0.1, 0.15) is 5.76 Å². The molecule has 0 bridgehead atoms. The van der Waals surface area contributed by atoms with Gasteiger partial charge in [-0.1, -0.05) is 24.3 Å². The maximum atomic E-state index is 12.3. The van der Waals surface area contributed by atoms with Gasteiger partial charge in [-0.25, -0.2) is 0 Å². The van der Waals surface area contributed by atoms with E-state index < -0.39 is 23.8 Å². The number of hydrogen-bond donors (Lipinski definition) is 3. The molecule has 0 unspecified atom stereocenters. The minimum absolute atomic E-state index is 0.0476. The van der Waals surface area contributed by atoms with Gasteiger partial charge in [-0.05, 0) is 29.3 Å². The molecule has 0 fully saturated rings. The van der Waals surface area contributed by atoms with E-state index in [-0.39, 0.29) is 18.9 Å². The van der Waals surface area contributed by atoms with E-state index in [0.717, 1.165) is 11.1 Å². The molecule has 2 aromatic rings. The zero-order chi connectivity index (χ0) is 20.8. The average molecular weight is 396 g/mol. The van der Waals surface area contributed by atoms with E-state index in [4.69, 9.17) is 4.42 Å². The van der Waals surface area contributed by atoms with Crippen molar-refractivity contribution in [3.63, 3.8) is 0 Å². The van der Waals surface area contributed by atoms with Crippen LogP contribution in [0.5, 0.6) is 0 Å². The second-order valence-corrected chi connectivity index (χ2v) is 6.36. The molecule has 0 saturated carbocycles. The van der Waals surface area contributed by atoms with Gasteiger partial charge in [-0.3, -0.25) is 30.0 Å². The minimum Gasteiger partial charge on any atom is -0.467 e. The first kappa shape index (κ1) is 19.9. The van der Waals surface area contributed by atoms with E-state index in [1.165, 1.54) is 18.1 Å². The molecule has 1 atom stereocenters. The number of carbonyl (C=O) groups is 4. The number of hydrazine groups is 1. The van der Waals surface area contributed by atoms with Crippen molar-refractivity contribution in [2.24, 2.45) is 0 Å². The molecular formula is C20H20N4O5. The number of amides is 4. The first-order valence-electron chi connectivity index (χ1n) is 8.91. The maximum absolute atomic E-state index is 12.3. The number of nitrogens with zero attached hydrogens (tertiary/aromatic N) is 1. The van der Waals surface area contributed by atoms with Crippen LogP contribution in [-0.2, 0) is 25.7 Å². The summed E-state index contributed by atoms with van der Waals surface area (Å²) < 4.78 is 5.05. The van der Waals surface area contributed by atoms with Gasteiger partial charge in [0.15, 0.2) is 0 Å². The highest BCUT2D eigenvalue weighted by atomic mass is 16.3. The van der Waals surface area contributed by atoms with Crippen LogP contribution in [0.25, 0.3) is 6.08 Å². The van der Waals surface area contributed by atoms with Gasteiger partial charge in [0, 0.05) is 13.1 Å². The molecule has 1 aliphatic heterocycles. The van der Waals surface area contributed by atoms with Crippen molar-refractivity contribution < 1.29 is 23.6 Å². The topological polar surface area (TPSA) is 121 Å². The Bertz CT molecular complexity index is 952. The maximum Gasteiger partial charge on any atom is 0.327 e. The Morgan fingerprint density at radius 2 is 1.83 bits per heavy atom.